The first-order valence-corrected chi connectivity index (χ1v) is 10.8. The molecule has 0 unspecified atom stereocenters. The number of rotatable bonds is 5. The Labute approximate surface area is 185 Å². The van der Waals surface area contributed by atoms with E-state index in [1.807, 2.05) is 24.3 Å². The molecular formula is C26H25FN2O3. The van der Waals surface area contributed by atoms with E-state index in [-0.39, 0.29) is 23.7 Å². The summed E-state index contributed by atoms with van der Waals surface area (Å²) < 4.78 is 14.6. The van der Waals surface area contributed by atoms with Crippen LogP contribution in [0.4, 0.5) is 4.39 Å². The lowest BCUT2D eigenvalue weighted by molar-refractivity contribution is 0.0949. The molecule has 0 saturated carbocycles. The van der Waals surface area contributed by atoms with Gasteiger partial charge in [-0.1, -0.05) is 38.1 Å². The number of fused-ring (bicyclic) bond motifs is 1. The molecule has 1 aliphatic carbocycles. The number of ketones is 1. The van der Waals surface area contributed by atoms with Gasteiger partial charge >= 0.3 is 0 Å². The molecule has 164 valence electrons. The van der Waals surface area contributed by atoms with Crippen LogP contribution in [0.1, 0.15) is 70.1 Å². The summed E-state index contributed by atoms with van der Waals surface area (Å²) in [7, 11) is 0. The second-order valence-electron chi connectivity index (χ2n) is 8.39. The highest BCUT2D eigenvalue weighted by atomic mass is 19.1. The topological polar surface area (TPSA) is 68.2 Å². The van der Waals surface area contributed by atoms with Crippen LogP contribution < -0.4 is 10.9 Å². The minimum Gasteiger partial charge on any atom is -0.348 e. The number of hydrogen-bond acceptors (Lipinski definition) is 3. The minimum absolute atomic E-state index is 0.0635. The van der Waals surface area contributed by atoms with E-state index in [0.29, 0.717) is 47.7 Å². The van der Waals surface area contributed by atoms with Crippen molar-refractivity contribution in [3.8, 4) is 5.69 Å². The maximum absolute atomic E-state index is 13.4. The first kappa shape index (κ1) is 21.7. The molecule has 0 spiro atoms. The van der Waals surface area contributed by atoms with E-state index in [9.17, 15) is 18.8 Å². The average molecular weight is 432 g/mol. The summed E-state index contributed by atoms with van der Waals surface area (Å²) in [5, 5.41) is 2.71. The summed E-state index contributed by atoms with van der Waals surface area (Å²) in [6.45, 7) is 4.33. The number of benzene rings is 2. The van der Waals surface area contributed by atoms with Crippen molar-refractivity contribution in [2.45, 2.75) is 45.6 Å². The Morgan fingerprint density at radius 3 is 2.38 bits per heavy atom. The van der Waals surface area contributed by atoms with Crippen LogP contribution in [0.25, 0.3) is 5.69 Å². The van der Waals surface area contributed by atoms with Gasteiger partial charge in [-0.25, -0.2) is 4.39 Å². The van der Waals surface area contributed by atoms with E-state index < -0.39 is 11.5 Å². The zero-order valence-corrected chi connectivity index (χ0v) is 18.2. The third-order valence-corrected chi connectivity index (χ3v) is 5.85. The molecule has 3 aromatic rings. The monoisotopic (exact) mass is 432 g/mol. The highest BCUT2D eigenvalue weighted by molar-refractivity contribution is 6.01. The molecular weight excluding hydrogens is 407 g/mol. The van der Waals surface area contributed by atoms with E-state index in [2.05, 4.69) is 19.2 Å². The molecule has 1 aliphatic rings. The molecule has 2 aromatic carbocycles. The highest BCUT2D eigenvalue weighted by Gasteiger charge is 2.26. The molecule has 0 radical (unpaired) electrons. The molecule has 1 aromatic heterocycles. The van der Waals surface area contributed by atoms with Gasteiger partial charge in [-0.05, 0) is 60.2 Å². The Bertz CT molecular complexity index is 1230. The number of hydrogen-bond donors (Lipinski definition) is 1. The smallest absolute Gasteiger partial charge is 0.268 e. The van der Waals surface area contributed by atoms with Gasteiger partial charge < -0.3 is 5.32 Å². The lowest BCUT2D eigenvalue weighted by Crippen LogP contribution is -2.36. The fourth-order valence-electron chi connectivity index (χ4n) is 4.02. The van der Waals surface area contributed by atoms with Crippen LogP contribution in [0, 0.1) is 5.82 Å². The number of carbonyl (C=O) groups is 2. The van der Waals surface area contributed by atoms with Crippen molar-refractivity contribution < 1.29 is 14.0 Å². The molecule has 0 saturated heterocycles. The van der Waals surface area contributed by atoms with Crippen LogP contribution in [-0.4, -0.2) is 16.3 Å². The van der Waals surface area contributed by atoms with Gasteiger partial charge in [0, 0.05) is 29.9 Å². The summed E-state index contributed by atoms with van der Waals surface area (Å²) in [4.78, 5) is 38.9. The van der Waals surface area contributed by atoms with Gasteiger partial charge in [-0.3, -0.25) is 19.0 Å². The van der Waals surface area contributed by atoms with Crippen molar-refractivity contribution in [2.75, 3.05) is 0 Å². The molecule has 1 N–H and O–H groups in total. The predicted octanol–water partition coefficient (Wildman–Crippen LogP) is 4.55. The normalized spacial score (nSPS) is 13.2. The second kappa shape index (κ2) is 8.91. The standard InChI is InChI=1S/C26H25FN2O3/c1-16(2)18-8-12-20(13-9-18)29-23-4-3-5-24(30)21(23)14-22(26(29)32)25(31)28-15-17-6-10-19(27)11-7-17/h6-14,16H,3-5,15H2,1-2H3,(H,28,31). The number of pyridine rings is 1. The number of aromatic nitrogens is 1. The number of halogens is 1. The number of amides is 1. The van der Waals surface area contributed by atoms with Crippen LogP contribution in [0.3, 0.4) is 0 Å². The number of Topliss-reactive ketones (excluding diaryl/α,β-unsaturated/α-hetero) is 1. The maximum atomic E-state index is 13.4. The van der Waals surface area contributed by atoms with Gasteiger partial charge in [0.1, 0.15) is 11.4 Å². The molecule has 4 rings (SSSR count). The molecule has 0 atom stereocenters. The van der Waals surface area contributed by atoms with E-state index in [1.165, 1.54) is 22.8 Å². The van der Waals surface area contributed by atoms with E-state index in [4.69, 9.17) is 0 Å². The third kappa shape index (κ3) is 4.26. The fourth-order valence-corrected chi connectivity index (χ4v) is 4.02. The minimum atomic E-state index is -0.562. The average Bonchev–Trinajstić information content (AvgIpc) is 2.78. The third-order valence-electron chi connectivity index (χ3n) is 5.85. The van der Waals surface area contributed by atoms with E-state index in [1.54, 1.807) is 12.1 Å². The maximum Gasteiger partial charge on any atom is 0.268 e. The molecule has 6 heteroatoms. The Morgan fingerprint density at radius 2 is 1.72 bits per heavy atom. The summed E-state index contributed by atoms with van der Waals surface area (Å²) in [5.41, 5.74) is 3.03. The fraction of sp³-hybridized carbons (Fsp3) is 0.269. The summed E-state index contributed by atoms with van der Waals surface area (Å²) in [6.07, 6.45) is 1.67. The molecule has 0 bridgehead atoms. The molecule has 5 nitrogen and oxygen atoms in total. The first-order valence-electron chi connectivity index (χ1n) is 10.8. The van der Waals surface area contributed by atoms with Crippen LogP contribution in [0.5, 0.6) is 0 Å². The largest absolute Gasteiger partial charge is 0.348 e. The van der Waals surface area contributed by atoms with Crippen LogP contribution in [0.2, 0.25) is 0 Å². The van der Waals surface area contributed by atoms with Crippen LogP contribution >= 0.6 is 0 Å². The first-order chi connectivity index (χ1) is 15.3. The van der Waals surface area contributed by atoms with Gasteiger partial charge in [-0.15, -0.1) is 0 Å². The van der Waals surface area contributed by atoms with Gasteiger partial charge in [0.25, 0.3) is 11.5 Å². The summed E-state index contributed by atoms with van der Waals surface area (Å²) in [5.74, 6) is -0.640. The number of nitrogens with zero attached hydrogens (tertiary/aromatic N) is 1. The van der Waals surface area contributed by atoms with Gasteiger partial charge in [0.05, 0.1) is 0 Å². The lowest BCUT2D eigenvalue weighted by atomic mass is 9.92. The van der Waals surface area contributed by atoms with Gasteiger partial charge in [-0.2, -0.15) is 0 Å². The molecule has 1 heterocycles. The summed E-state index contributed by atoms with van der Waals surface area (Å²) in [6, 6.07) is 14.8. The molecule has 1 amide bonds. The second-order valence-corrected chi connectivity index (χ2v) is 8.39. The van der Waals surface area contributed by atoms with Crippen molar-refractivity contribution in [3.63, 3.8) is 0 Å². The SMILES string of the molecule is CC(C)c1ccc(-n2c3c(cc(C(=O)NCc4ccc(F)cc4)c2=O)C(=O)CCC3)cc1. The van der Waals surface area contributed by atoms with Crippen molar-refractivity contribution in [2.24, 2.45) is 0 Å². The van der Waals surface area contributed by atoms with Crippen LogP contribution in [-0.2, 0) is 13.0 Å². The van der Waals surface area contributed by atoms with Crippen molar-refractivity contribution in [3.05, 3.63) is 98.7 Å². The van der Waals surface area contributed by atoms with Crippen molar-refractivity contribution in [1.82, 2.24) is 9.88 Å². The van der Waals surface area contributed by atoms with E-state index in [0.717, 1.165) is 5.56 Å². The van der Waals surface area contributed by atoms with Crippen LogP contribution in [0.15, 0.2) is 59.4 Å². The number of nitrogens with one attached hydrogen (secondary N) is 1. The van der Waals surface area contributed by atoms with Gasteiger partial charge in [0.2, 0.25) is 0 Å². The molecule has 0 fully saturated rings. The molecule has 0 aliphatic heterocycles. The Kier molecular flexibility index (Phi) is 6.04. The van der Waals surface area contributed by atoms with Crippen molar-refractivity contribution in [1.29, 1.82) is 0 Å². The Balaban J connectivity index is 1.74. The highest BCUT2D eigenvalue weighted by Crippen LogP contribution is 2.24. The molecule has 32 heavy (non-hydrogen) atoms. The number of carbonyl (C=O) groups excluding carboxylic acids is 2. The summed E-state index contributed by atoms with van der Waals surface area (Å²) >= 11 is 0. The van der Waals surface area contributed by atoms with Crippen molar-refractivity contribution >= 4 is 11.7 Å². The van der Waals surface area contributed by atoms with Gasteiger partial charge in [0.15, 0.2) is 5.78 Å². The quantitative estimate of drug-likeness (QED) is 0.643. The lowest BCUT2D eigenvalue weighted by Gasteiger charge is -2.22. The Hall–Kier alpha value is -3.54. The Morgan fingerprint density at radius 1 is 1.03 bits per heavy atom. The predicted molar refractivity (Wildman–Crippen MR) is 121 cm³/mol. The van der Waals surface area contributed by atoms with E-state index >= 15 is 0 Å². The zero-order valence-electron chi connectivity index (χ0n) is 18.2. The zero-order chi connectivity index (χ0) is 22.8.